The summed E-state index contributed by atoms with van der Waals surface area (Å²) in [5.41, 5.74) is 1.05. The first-order valence-corrected chi connectivity index (χ1v) is 8.80. The van der Waals surface area contributed by atoms with E-state index in [0.717, 1.165) is 31.5 Å². The van der Waals surface area contributed by atoms with Crippen LogP contribution in [0.5, 0.6) is 0 Å². The largest absolute Gasteiger partial charge is 0.378 e. The third-order valence-electron chi connectivity index (χ3n) is 4.11. The van der Waals surface area contributed by atoms with E-state index >= 15 is 0 Å². The van der Waals surface area contributed by atoms with E-state index in [-0.39, 0.29) is 24.3 Å². The van der Waals surface area contributed by atoms with Gasteiger partial charge in [-0.1, -0.05) is 30.3 Å². The lowest BCUT2D eigenvalue weighted by atomic mass is 10.0. The Morgan fingerprint density at radius 3 is 2.46 bits per heavy atom. The molecule has 1 atom stereocenters. The van der Waals surface area contributed by atoms with Crippen molar-refractivity contribution in [1.82, 2.24) is 10.2 Å². The topological polar surface area (TPSA) is 58.6 Å². The average Bonchev–Trinajstić information content (AvgIpc) is 3.08. The van der Waals surface area contributed by atoms with Gasteiger partial charge in [0.25, 0.3) is 0 Å². The molecule has 24 heavy (non-hydrogen) atoms. The van der Waals surface area contributed by atoms with Crippen LogP contribution in [-0.4, -0.2) is 48.6 Å². The number of carbonyl (C=O) groups is 2. The van der Waals surface area contributed by atoms with Crippen LogP contribution in [0, 0.1) is 0 Å². The second kappa shape index (κ2) is 9.42. The molecule has 0 radical (unpaired) electrons. The first-order valence-electron chi connectivity index (χ1n) is 8.80. The maximum absolute atomic E-state index is 12.7. The number of likely N-dealkylation sites (tertiary alicyclic amines) is 1. The Labute approximate surface area is 144 Å². The molecular weight excluding hydrogens is 304 g/mol. The van der Waals surface area contributed by atoms with Crippen LogP contribution in [0.3, 0.4) is 0 Å². The van der Waals surface area contributed by atoms with Crippen molar-refractivity contribution in [3.05, 3.63) is 35.9 Å². The highest BCUT2D eigenvalue weighted by Crippen LogP contribution is 2.12. The molecule has 1 heterocycles. The third-order valence-corrected chi connectivity index (χ3v) is 4.11. The number of amides is 2. The van der Waals surface area contributed by atoms with Crippen molar-refractivity contribution in [2.45, 2.75) is 51.7 Å². The molecule has 0 spiro atoms. The number of rotatable bonds is 8. The van der Waals surface area contributed by atoms with Crippen LogP contribution in [0.4, 0.5) is 0 Å². The average molecular weight is 332 g/mol. The maximum atomic E-state index is 12.7. The fourth-order valence-corrected chi connectivity index (χ4v) is 2.86. The van der Waals surface area contributed by atoms with Crippen molar-refractivity contribution in [1.29, 1.82) is 0 Å². The molecule has 0 bridgehead atoms. The summed E-state index contributed by atoms with van der Waals surface area (Å²) in [5, 5.41) is 2.91. The molecule has 1 fully saturated rings. The normalized spacial score (nSPS) is 15.5. The fourth-order valence-electron chi connectivity index (χ4n) is 2.86. The third kappa shape index (κ3) is 5.96. The second-order valence-corrected chi connectivity index (χ2v) is 6.51. The van der Waals surface area contributed by atoms with Gasteiger partial charge in [0, 0.05) is 25.9 Å². The first-order chi connectivity index (χ1) is 11.6. The molecule has 2 amide bonds. The quantitative estimate of drug-likeness (QED) is 0.793. The van der Waals surface area contributed by atoms with Gasteiger partial charge in [-0.3, -0.25) is 9.59 Å². The minimum atomic E-state index is -0.503. The molecule has 0 unspecified atom stereocenters. The molecule has 0 aromatic heterocycles. The van der Waals surface area contributed by atoms with Gasteiger partial charge in [-0.15, -0.1) is 0 Å². The molecule has 2 rings (SSSR count). The standard InChI is InChI=1S/C19H28N2O3/c1-15(2)24-13-10-18(22)20-17(14-16-8-4-3-5-9-16)19(23)21-11-6-7-12-21/h3-5,8-9,15,17H,6-7,10-14H2,1-2H3,(H,20,22)/t17-/m0/s1. The predicted molar refractivity (Wildman–Crippen MR) is 93.6 cm³/mol. The highest BCUT2D eigenvalue weighted by molar-refractivity contribution is 5.88. The van der Waals surface area contributed by atoms with Gasteiger partial charge in [0.15, 0.2) is 0 Å². The van der Waals surface area contributed by atoms with Crippen LogP contribution in [0.2, 0.25) is 0 Å². The molecule has 1 aliphatic heterocycles. The van der Waals surface area contributed by atoms with E-state index < -0.39 is 6.04 Å². The van der Waals surface area contributed by atoms with Crippen LogP contribution in [0.1, 0.15) is 38.7 Å². The Morgan fingerprint density at radius 2 is 1.83 bits per heavy atom. The zero-order valence-electron chi connectivity index (χ0n) is 14.7. The molecule has 1 aromatic rings. The smallest absolute Gasteiger partial charge is 0.245 e. The Hall–Kier alpha value is -1.88. The highest BCUT2D eigenvalue weighted by atomic mass is 16.5. The lowest BCUT2D eigenvalue weighted by molar-refractivity contribution is -0.135. The van der Waals surface area contributed by atoms with Gasteiger partial charge in [0.05, 0.1) is 12.7 Å². The SMILES string of the molecule is CC(C)OCCC(=O)N[C@@H](Cc1ccccc1)C(=O)N1CCCC1. The van der Waals surface area contributed by atoms with E-state index in [2.05, 4.69) is 5.32 Å². The van der Waals surface area contributed by atoms with Gasteiger partial charge in [-0.25, -0.2) is 0 Å². The predicted octanol–water partition coefficient (Wildman–Crippen LogP) is 2.15. The first kappa shape index (κ1) is 18.5. The maximum Gasteiger partial charge on any atom is 0.245 e. The summed E-state index contributed by atoms with van der Waals surface area (Å²) in [6.45, 7) is 5.83. The fraction of sp³-hybridized carbons (Fsp3) is 0.579. The summed E-state index contributed by atoms with van der Waals surface area (Å²) >= 11 is 0. The number of ether oxygens (including phenoxy) is 1. The summed E-state index contributed by atoms with van der Waals surface area (Å²) in [6.07, 6.45) is 2.98. The van der Waals surface area contributed by atoms with Crippen molar-refractivity contribution >= 4 is 11.8 Å². The number of nitrogens with one attached hydrogen (secondary N) is 1. The summed E-state index contributed by atoms with van der Waals surface area (Å²) in [5.74, 6) is -0.112. The Morgan fingerprint density at radius 1 is 1.17 bits per heavy atom. The zero-order valence-corrected chi connectivity index (χ0v) is 14.7. The molecule has 5 heteroatoms. The van der Waals surface area contributed by atoms with Gasteiger partial charge >= 0.3 is 0 Å². The molecule has 1 N–H and O–H groups in total. The molecule has 1 aromatic carbocycles. The zero-order chi connectivity index (χ0) is 17.4. The molecule has 5 nitrogen and oxygen atoms in total. The Bertz CT molecular complexity index is 525. The lowest BCUT2D eigenvalue weighted by Gasteiger charge is -2.24. The van der Waals surface area contributed by atoms with Crippen LogP contribution in [-0.2, 0) is 20.7 Å². The van der Waals surface area contributed by atoms with E-state index in [0.29, 0.717) is 13.0 Å². The Kier molecular flexibility index (Phi) is 7.25. The van der Waals surface area contributed by atoms with Gasteiger partial charge in [-0.05, 0) is 32.3 Å². The number of hydrogen-bond acceptors (Lipinski definition) is 3. The van der Waals surface area contributed by atoms with Crippen molar-refractivity contribution in [3.8, 4) is 0 Å². The van der Waals surface area contributed by atoms with Crippen LogP contribution in [0.25, 0.3) is 0 Å². The molecule has 0 aliphatic carbocycles. The number of hydrogen-bond donors (Lipinski definition) is 1. The Balaban J connectivity index is 1.96. The second-order valence-electron chi connectivity index (χ2n) is 6.51. The lowest BCUT2D eigenvalue weighted by Crippen LogP contribution is -2.49. The van der Waals surface area contributed by atoms with E-state index in [1.54, 1.807) is 0 Å². The van der Waals surface area contributed by atoms with E-state index in [1.807, 2.05) is 49.1 Å². The van der Waals surface area contributed by atoms with Crippen LogP contribution < -0.4 is 5.32 Å². The minimum Gasteiger partial charge on any atom is -0.378 e. The molecular formula is C19H28N2O3. The highest BCUT2D eigenvalue weighted by Gasteiger charge is 2.27. The number of nitrogens with zero attached hydrogens (tertiary/aromatic N) is 1. The van der Waals surface area contributed by atoms with Crippen molar-refractivity contribution < 1.29 is 14.3 Å². The van der Waals surface area contributed by atoms with Gasteiger partial charge in [0.2, 0.25) is 11.8 Å². The number of carbonyl (C=O) groups excluding carboxylic acids is 2. The summed E-state index contributed by atoms with van der Waals surface area (Å²) in [4.78, 5) is 26.8. The van der Waals surface area contributed by atoms with Crippen molar-refractivity contribution in [2.75, 3.05) is 19.7 Å². The van der Waals surface area contributed by atoms with Crippen molar-refractivity contribution in [2.24, 2.45) is 0 Å². The summed E-state index contributed by atoms with van der Waals surface area (Å²) in [7, 11) is 0. The van der Waals surface area contributed by atoms with E-state index in [4.69, 9.17) is 4.74 Å². The van der Waals surface area contributed by atoms with Gasteiger partial charge in [-0.2, -0.15) is 0 Å². The van der Waals surface area contributed by atoms with E-state index in [1.165, 1.54) is 0 Å². The molecule has 1 saturated heterocycles. The molecule has 1 aliphatic rings. The van der Waals surface area contributed by atoms with Gasteiger partial charge in [0.1, 0.15) is 6.04 Å². The van der Waals surface area contributed by atoms with Crippen molar-refractivity contribution in [3.63, 3.8) is 0 Å². The van der Waals surface area contributed by atoms with Crippen LogP contribution in [0.15, 0.2) is 30.3 Å². The molecule has 132 valence electrons. The number of benzene rings is 1. The molecule has 0 saturated carbocycles. The minimum absolute atomic E-state index is 0.0227. The van der Waals surface area contributed by atoms with E-state index in [9.17, 15) is 9.59 Å². The van der Waals surface area contributed by atoms with Gasteiger partial charge < -0.3 is 15.0 Å². The summed E-state index contributed by atoms with van der Waals surface area (Å²) < 4.78 is 5.42. The van der Waals surface area contributed by atoms with Crippen LogP contribution >= 0.6 is 0 Å². The summed E-state index contributed by atoms with van der Waals surface area (Å²) in [6, 6.07) is 9.31. The monoisotopic (exact) mass is 332 g/mol.